The van der Waals surface area contributed by atoms with E-state index in [0.29, 0.717) is 29.2 Å². The Kier molecular flexibility index (Phi) is 6.99. The average Bonchev–Trinajstić information content (AvgIpc) is 3.06. The Morgan fingerprint density at radius 2 is 1.58 bits per heavy atom. The first-order valence-electron chi connectivity index (χ1n) is 11.0. The van der Waals surface area contributed by atoms with Crippen molar-refractivity contribution in [3.8, 4) is 5.75 Å². The molecule has 4 rings (SSSR count). The van der Waals surface area contributed by atoms with Gasteiger partial charge in [-0.2, -0.15) is 0 Å². The van der Waals surface area contributed by atoms with Gasteiger partial charge in [0.15, 0.2) is 0 Å². The number of aryl methyl sites for hydroxylation is 2. The van der Waals surface area contributed by atoms with Crippen molar-refractivity contribution in [1.29, 1.82) is 0 Å². The molecule has 0 atom stereocenters. The molecule has 33 heavy (non-hydrogen) atoms. The number of carbonyl (C=O) groups excluding carboxylic acids is 2. The molecule has 0 bridgehead atoms. The molecule has 1 aliphatic rings. The lowest BCUT2D eigenvalue weighted by Gasteiger charge is -2.15. The highest BCUT2D eigenvalue weighted by Gasteiger charge is 2.39. The van der Waals surface area contributed by atoms with Gasteiger partial charge in [-0.05, 0) is 54.7 Å². The topological polar surface area (TPSA) is 46.6 Å². The Morgan fingerprint density at radius 1 is 0.848 bits per heavy atom. The van der Waals surface area contributed by atoms with Gasteiger partial charge >= 0.3 is 0 Å². The molecule has 0 unspecified atom stereocenters. The molecule has 1 heterocycles. The maximum absolute atomic E-state index is 13.5. The second-order valence-corrected chi connectivity index (χ2v) is 9.14. The molecule has 5 heteroatoms. The number of carbonyl (C=O) groups is 2. The minimum atomic E-state index is -0.212. The fraction of sp³-hybridized carbons (Fsp3) is 0.214. The van der Waals surface area contributed by atoms with Crippen molar-refractivity contribution in [3.05, 3.63) is 106 Å². The molecule has 1 aliphatic heterocycles. The fourth-order valence-corrected chi connectivity index (χ4v) is 5.06. The van der Waals surface area contributed by atoms with Crippen LogP contribution in [0, 0.1) is 13.8 Å². The van der Waals surface area contributed by atoms with Crippen molar-refractivity contribution >= 4 is 29.1 Å². The van der Waals surface area contributed by atoms with Crippen LogP contribution < -0.4 is 4.74 Å². The van der Waals surface area contributed by atoms with Crippen LogP contribution in [-0.2, 0) is 21.8 Å². The van der Waals surface area contributed by atoms with Gasteiger partial charge in [0.05, 0.1) is 17.6 Å². The summed E-state index contributed by atoms with van der Waals surface area (Å²) in [6, 6.07) is 23.7. The SMILES string of the molecule is COc1ccc(CCN2C(=O)C(SCc3ccccc3)=C(c3ccc(C)cc3C)C2=O)cc1. The molecular formula is C28H27NO3S. The standard InChI is InChI=1S/C28H27NO3S/c1-19-9-14-24(20(2)17-19)25-26(33-18-22-7-5-4-6-8-22)28(31)29(27(25)30)16-15-21-10-12-23(32-3)13-11-21/h4-14,17H,15-16,18H2,1-3H3. The maximum Gasteiger partial charge on any atom is 0.268 e. The predicted octanol–water partition coefficient (Wildman–Crippen LogP) is 5.57. The first-order chi connectivity index (χ1) is 16.0. The van der Waals surface area contributed by atoms with E-state index in [9.17, 15) is 9.59 Å². The molecule has 0 aromatic heterocycles. The lowest BCUT2D eigenvalue weighted by Crippen LogP contribution is -2.33. The molecule has 2 amide bonds. The Morgan fingerprint density at radius 3 is 2.24 bits per heavy atom. The van der Waals surface area contributed by atoms with Gasteiger partial charge in [0.1, 0.15) is 5.75 Å². The van der Waals surface area contributed by atoms with Crippen LogP contribution in [0.25, 0.3) is 5.57 Å². The highest BCUT2D eigenvalue weighted by molar-refractivity contribution is 8.03. The molecule has 0 spiro atoms. The van der Waals surface area contributed by atoms with Crippen LogP contribution in [0.4, 0.5) is 0 Å². The molecule has 0 aliphatic carbocycles. The molecule has 0 N–H and O–H groups in total. The summed E-state index contributed by atoms with van der Waals surface area (Å²) in [7, 11) is 1.63. The van der Waals surface area contributed by atoms with Crippen molar-refractivity contribution in [1.82, 2.24) is 4.90 Å². The summed E-state index contributed by atoms with van der Waals surface area (Å²) in [5, 5.41) is 0. The highest BCUT2D eigenvalue weighted by atomic mass is 32.2. The van der Waals surface area contributed by atoms with E-state index in [1.54, 1.807) is 7.11 Å². The Labute approximate surface area is 199 Å². The van der Waals surface area contributed by atoms with Gasteiger partial charge in [-0.1, -0.05) is 66.2 Å². The third kappa shape index (κ3) is 5.04. The summed E-state index contributed by atoms with van der Waals surface area (Å²) < 4.78 is 5.21. The summed E-state index contributed by atoms with van der Waals surface area (Å²) in [5.41, 5.74) is 5.65. The van der Waals surface area contributed by atoms with Crippen molar-refractivity contribution in [2.24, 2.45) is 0 Å². The summed E-state index contributed by atoms with van der Waals surface area (Å²) in [6.07, 6.45) is 0.596. The molecular weight excluding hydrogens is 430 g/mol. The number of benzene rings is 3. The van der Waals surface area contributed by atoms with Gasteiger partial charge in [0, 0.05) is 12.3 Å². The zero-order valence-electron chi connectivity index (χ0n) is 19.1. The molecule has 3 aromatic rings. The van der Waals surface area contributed by atoms with Gasteiger partial charge in [-0.15, -0.1) is 11.8 Å². The van der Waals surface area contributed by atoms with Crippen LogP contribution in [0.2, 0.25) is 0 Å². The highest BCUT2D eigenvalue weighted by Crippen LogP contribution is 2.38. The van der Waals surface area contributed by atoms with Crippen LogP contribution in [0.5, 0.6) is 5.75 Å². The third-order valence-electron chi connectivity index (χ3n) is 5.79. The van der Waals surface area contributed by atoms with Crippen LogP contribution in [0.3, 0.4) is 0 Å². The minimum absolute atomic E-state index is 0.204. The third-order valence-corrected chi connectivity index (χ3v) is 6.93. The summed E-state index contributed by atoms with van der Waals surface area (Å²) in [4.78, 5) is 28.9. The minimum Gasteiger partial charge on any atom is -0.497 e. The zero-order chi connectivity index (χ0) is 23.4. The average molecular weight is 458 g/mol. The number of hydrogen-bond acceptors (Lipinski definition) is 4. The van der Waals surface area contributed by atoms with E-state index in [1.165, 1.54) is 16.7 Å². The normalized spacial score (nSPS) is 13.7. The molecule has 4 nitrogen and oxygen atoms in total. The van der Waals surface area contributed by atoms with Gasteiger partial charge in [0.2, 0.25) is 0 Å². The maximum atomic E-state index is 13.5. The lowest BCUT2D eigenvalue weighted by molar-refractivity contribution is -0.136. The van der Waals surface area contributed by atoms with E-state index in [-0.39, 0.29) is 11.8 Å². The number of ether oxygens (including phenoxy) is 1. The van der Waals surface area contributed by atoms with Crippen LogP contribution in [0.15, 0.2) is 77.7 Å². The van der Waals surface area contributed by atoms with Crippen molar-refractivity contribution in [2.75, 3.05) is 13.7 Å². The number of methoxy groups -OCH3 is 1. The van der Waals surface area contributed by atoms with E-state index in [4.69, 9.17) is 4.74 Å². The summed E-state index contributed by atoms with van der Waals surface area (Å²) in [6.45, 7) is 4.36. The van der Waals surface area contributed by atoms with Crippen molar-refractivity contribution in [3.63, 3.8) is 0 Å². The van der Waals surface area contributed by atoms with Crippen LogP contribution in [0.1, 0.15) is 27.8 Å². The van der Waals surface area contributed by atoms with Crippen LogP contribution in [-0.4, -0.2) is 30.4 Å². The monoisotopic (exact) mass is 457 g/mol. The van der Waals surface area contributed by atoms with Crippen LogP contribution >= 0.6 is 11.8 Å². The molecule has 0 fully saturated rings. The molecule has 3 aromatic carbocycles. The van der Waals surface area contributed by atoms with Gasteiger partial charge in [0.25, 0.3) is 11.8 Å². The number of rotatable bonds is 8. The zero-order valence-corrected chi connectivity index (χ0v) is 19.9. The second kappa shape index (κ2) is 10.1. The van der Waals surface area contributed by atoms with Gasteiger partial charge in [-0.3, -0.25) is 14.5 Å². The quantitative estimate of drug-likeness (QED) is 0.415. The molecule has 168 valence electrons. The van der Waals surface area contributed by atoms with Crippen molar-refractivity contribution in [2.45, 2.75) is 26.0 Å². The van der Waals surface area contributed by atoms with E-state index in [2.05, 4.69) is 6.07 Å². The lowest BCUT2D eigenvalue weighted by atomic mass is 9.99. The molecule has 0 saturated heterocycles. The first-order valence-corrected chi connectivity index (χ1v) is 11.9. The largest absolute Gasteiger partial charge is 0.497 e. The van der Waals surface area contributed by atoms with Gasteiger partial charge in [-0.25, -0.2) is 0 Å². The Hall–Kier alpha value is -3.31. The molecule has 0 radical (unpaired) electrons. The predicted molar refractivity (Wildman–Crippen MR) is 134 cm³/mol. The number of imide groups is 1. The smallest absolute Gasteiger partial charge is 0.268 e. The van der Waals surface area contributed by atoms with E-state index in [1.807, 2.05) is 80.6 Å². The number of amides is 2. The Bertz CT molecular complexity index is 1200. The fourth-order valence-electron chi connectivity index (χ4n) is 3.99. The van der Waals surface area contributed by atoms with E-state index in [0.717, 1.165) is 33.6 Å². The van der Waals surface area contributed by atoms with E-state index >= 15 is 0 Å². The number of nitrogens with zero attached hydrogens (tertiary/aromatic N) is 1. The number of hydrogen-bond donors (Lipinski definition) is 0. The first kappa shape index (κ1) is 22.9. The second-order valence-electron chi connectivity index (χ2n) is 8.16. The van der Waals surface area contributed by atoms with Crippen molar-refractivity contribution < 1.29 is 14.3 Å². The Balaban J connectivity index is 1.61. The number of thioether (sulfide) groups is 1. The van der Waals surface area contributed by atoms with Gasteiger partial charge < -0.3 is 4.74 Å². The van der Waals surface area contributed by atoms with E-state index < -0.39 is 0 Å². The summed E-state index contributed by atoms with van der Waals surface area (Å²) in [5.74, 6) is 1.00. The summed E-state index contributed by atoms with van der Waals surface area (Å²) >= 11 is 1.45. The molecule has 0 saturated carbocycles.